The van der Waals surface area contributed by atoms with E-state index in [1.807, 2.05) is 0 Å². The SMILES string of the molecule is CCCCCCCCCCCCP(I)(CCCCCCC)(CCCCCCC)CCCCCCCCCCCC. The van der Waals surface area contributed by atoms with E-state index in [1.54, 1.807) is 24.6 Å². The van der Waals surface area contributed by atoms with Crippen LogP contribution in [0, 0.1) is 0 Å². The summed E-state index contributed by atoms with van der Waals surface area (Å²) in [4.78, 5) is 0. The molecule has 0 fully saturated rings. The maximum atomic E-state index is 3.23. The van der Waals surface area contributed by atoms with E-state index in [1.165, 1.54) is 193 Å². The second-order valence-electron chi connectivity index (χ2n) is 13.9. The maximum absolute atomic E-state index is 3.23. The second-order valence-corrected chi connectivity index (χ2v) is 27.5. The molecule has 0 aliphatic carbocycles. The van der Waals surface area contributed by atoms with Crippen molar-refractivity contribution in [1.82, 2.24) is 0 Å². The van der Waals surface area contributed by atoms with E-state index >= 15 is 0 Å². The molecule has 0 N–H and O–H groups in total. The monoisotopic (exact) mass is 695 g/mol. The van der Waals surface area contributed by atoms with Gasteiger partial charge in [-0.25, -0.2) is 0 Å². The van der Waals surface area contributed by atoms with Crippen molar-refractivity contribution in [3.05, 3.63) is 0 Å². The van der Waals surface area contributed by atoms with Crippen LogP contribution < -0.4 is 0 Å². The van der Waals surface area contributed by atoms with E-state index < -0.39 is 4.25 Å². The van der Waals surface area contributed by atoms with E-state index in [2.05, 4.69) is 49.7 Å². The van der Waals surface area contributed by atoms with Crippen LogP contribution in [-0.4, -0.2) is 24.6 Å². The average molecular weight is 695 g/mol. The molecule has 40 heavy (non-hydrogen) atoms. The van der Waals surface area contributed by atoms with Crippen LogP contribution in [0.1, 0.15) is 220 Å². The van der Waals surface area contributed by atoms with E-state index in [-0.39, 0.29) is 0 Å². The summed E-state index contributed by atoms with van der Waals surface area (Å²) in [5.74, 6) is 0. The first-order chi connectivity index (χ1) is 19.5. The van der Waals surface area contributed by atoms with Gasteiger partial charge in [-0.1, -0.05) is 0 Å². The summed E-state index contributed by atoms with van der Waals surface area (Å²) in [7, 11) is 0. The van der Waals surface area contributed by atoms with Gasteiger partial charge in [-0.15, -0.1) is 0 Å². The molecule has 0 nitrogen and oxygen atoms in total. The zero-order chi connectivity index (χ0) is 29.5. The van der Waals surface area contributed by atoms with E-state index in [9.17, 15) is 0 Å². The van der Waals surface area contributed by atoms with E-state index in [0.717, 1.165) is 0 Å². The van der Waals surface area contributed by atoms with Crippen LogP contribution >= 0.6 is 26.3 Å². The van der Waals surface area contributed by atoms with Gasteiger partial charge in [0.25, 0.3) is 0 Å². The Balaban J connectivity index is 4.83. The molecule has 0 aromatic heterocycles. The predicted molar refractivity (Wildman–Crippen MR) is 202 cm³/mol. The summed E-state index contributed by atoms with van der Waals surface area (Å²) >= 11 is 3.23. The van der Waals surface area contributed by atoms with Crippen LogP contribution in [0.3, 0.4) is 0 Å². The first-order valence-electron chi connectivity index (χ1n) is 19.3. The minimum absolute atomic E-state index is 1.37. The van der Waals surface area contributed by atoms with Crippen LogP contribution in [0.4, 0.5) is 0 Å². The second kappa shape index (κ2) is 30.2. The third kappa shape index (κ3) is 25.6. The molecule has 244 valence electrons. The van der Waals surface area contributed by atoms with Crippen LogP contribution in [0.5, 0.6) is 0 Å². The van der Waals surface area contributed by atoms with Gasteiger partial charge >= 0.3 is 271 Å². The van der Waals surface area contributed by atoms with Gasteiger partial charge in [0.1, 0.15) is 0 Å². The molecule has 0 aromatic carbocycles. The van der Waals surface area contributed by atoms with Gasteiger partial charge in [-0.05, 0) is 0 Å². The standard InChI is InChI=1S/C38H80IP/c1-5-9-13-17-19-21-23-25-29-33-37-40(39,35-31-27-15-11-7-3,36-32-28-16-12-8-4)38-34-30-26-24-22-20-18-14-10-6-2/h5-38H2,1-4H3. The normalized spacial score (nSPS) is 13.1. The van der Waals surface area contributed by atoms with Gasteiger partial charge in [0.2, 0.25) is 0 Å². The minimum atomic E-state index is -1.63. The first kappa shape index (κ1) is 41.2. The summed E-state index contributed by atoms with van der Waals surface area (Å²) in [5, 5.41) is 0. The predicted octanol–water partition coefficient (Wildman–Crippen LogP) is 15.7. The molecule has 0 unspecified atom stereocenters. The molecule has 0 atom stereocenters. The Bertz CT molecular complexity index is 448. The fourth-order valence-electron chi connectivity index (χ4n) is 6.88. The first-order valence-corrected chi connectivity index (χ1v) is 25.0. The van der Waals surface area contributed by atoms with Gasteiger partial charge in [0.15, 0.2) is 0 Å². The van der Waals surface area contributed by atoms with Crippen LogP contribution in [0.2, 0.25) is 0 Å². The van der Waals surface area contributed by atoms with Crippen molar-refractivity contribution in [1.29, 1.82) is 0 Å². The van der Waals surface area contributed by atoms with Gasteiger partial charge in [0, 0.05) is 0 Å². The van der Waals surface area contributed by atoms with Crippen LogP contribution in [0.15, 0.2) is 0 Å². The molecule has 0 aliphatic rings. The number of hydrogen-bond donors (Lipinski definition) is 0. The van der Waals surface area contributed by atoms with Crippen molar-refractivity contribution in [2.45, 2.75) is 220 Å². The molecule has 0 rings (SSSR count). The average Bonchev–Trinajstić information content (AvgIpc) is 2.95. The van der Waals surface area contributed by atoms with Crippen molar-refractivity contribution in [2.24, 2.45) is 0 Å². The molecule has 0 heterocycles. The molecular weight excluding hydrogens is 614 g/mol. The Labute approximate surface area is 270 Å². The van der Waals surface area contributed by atoms with Crippen molar-refractivity contribution in [3.8, 4) is 0 Å². The van der Waals surface area contributed by atoms with Crippen molar-refractivity contribution >= 4 is 26.3 Å². The molecule has 0 bridgehead atoms. The number of rotatable bonds is 34. The molecule has 0 aliphatic heterocycles. The third-order valence-corrected chi connectivity index (χ3v) is 21.3. The zero-order valence-corrected chi connectivity index (χ0v) is 31.9. The van der Waals surface area contributed by atoms with Crippen molar-refractivity contribution in [2.75, 3.05) is 24.6 Å². The summed E-state index contributed by atoms with van der Waals surface area (Å²) < 4.78 is -1.63. The third-order valence-electron chi connectivity index (χ3n) is 9.78. The van der Waals surface area contributed by atoms with E-state index in [0.29, 0.717) is 0 Å². The molecule has 2 heteroatoms. The summed E-state index contributed by atoms with van der Waals surface area (Å²) in [6.07, 6.45) is 50.8. The fraction of sp³-hybridized carbons (Fsp3) is 1.00. The quantitative estimate of drug-likeness (QED) is 0.0357. The molecule has 0 aromatic rings. The molecular formula is C38H80IP. The number of halogens is 1. The Hall–Kier alpha value is 1.16. The molecule has 0 spiro atoms. The van der Waals surface area contributed by atoms with E-state index in [4.69, 9.17) is 0 Å². The van der Waals surface area contributed by atoms with Gasteiger partial charge in [-0.2, -0.15) is 0 Å². The Morgan fingerprint density at radius 2 is 0.400 bits per heavy atom. The molecule has 0 amide bonds. The number of hydrogen-bond acceptors (Lipinski definition) is 0. The summed E-state index contributed by atoms with van der Waals surface area (Å²) in [5.41, 5.74) is 0. The molecule has 0 saturated heterocycles. The van der Waals surface area contributed by atoms with Crippen LogP contribution in [0.25, 0.3) is 0 Å². The topological polar surface area (TPSA) is 0 Å². The Morgan fingerprint density at radius 3 is 0.575 bits per heavy atom. The fourth-order valence-corrected chi connectivity index (χ4v) is 16.4. The Morgan fingerprint density at radius 1 is 0.250 bits per heavy atom. The van der Waals surface area contributed by atoms with Crippen molar-refractivity contribution < 1.29 is 0 Å². The zero-order valence-electron chi connectivity index (χ0n) is 28.9. The van der Waals surface area contributed by atoms with Gasteiger partial charge < -0.3 is 0 Å². The Kier molecular flexibility index (Phi) is 31.1. The van der Waals surface area contributed by atoms with Crippen LogP contribution in [-0.2, 0) is 0 Å². The molecule has 0 saturated carbocycles. The van der Waals surface area contributed by atoms with Gasteiger partial charge in [0.05, 0.1) is 0 Å². The van der Waals surface area contributed by atoms with Gasteiger partial charge in [-0.3, -0.25) is 0 Å². The molecule has 0 radical (unpaired) electrons. The number of unbranched alkanes of at least 4 members (excludes halogenated alkanes) is 26. The summed E-state index contributed by atoms with van der Waals surface area (Å²) in [6, 6.07) is 0. The summed E-state index contributed by atoms with van der Waals surface area (Å²) in [6.45, 7) is 9.39. The van der Waals surface area contributed by atoms with Crippen molar-refractivity contribution in [3.63, 3.8) is 0 Å².